The molecule has 0 bridgehead atoms. The third-order valence-corrected chi connectivity index (χ3v) is 4.27. The largest absolute Gasteiger partial charge is 0.359 e. The Morgan fingerprint density at radius 3 is 2.76 bits per heavy atom. The number of benzene rings is 1. The van der Waals surface area contributed by atoms with Crippen LogP contribution in [0.1, 0.15) is 31.9 Å². The summed E-state index contributed by atoms with van der Waals surface area (Å²) in [4.78, 5) is 15.6. The Hall–Kier alpha value is -1.26. The molecular weight excluding hydrogens is 286 g/mol. The molecule has 1 atom stereocenters. The van der Waals surface area contributed by atoms with E-state index in [-0.39, 0.29) is 11.9 Å². The summed E-state index contributed by atoms with van der Waals surface area (Å²) >= 11 is 6.43. The number of piperazine rings is 1. The monoisotopic (exact) mass is 309 g/mol. The van der Waals surface area contributed by atoms with Gasteiger partial charge in [-0.25, -0.2) is 0 Å². The van der Waals surface area contributed by atoms with Crippen molar-refractivity contribution in [3.05, 3.63) is 28.8 Å². The van der Waals surface area contributed by atoms with Gasteiger partial charge in [0.25, 0.3) is 0 Å². The Morgan fingerprint density at radius 1 is 1.38 bits per heavy atom. The summed E-state index contributed by atoms with van der Waals surface area (Å²) in [6.45, 7) is 7.25. The highest BCUT2D eigenvalue weighted by molar-refractivity contribution is 6.33. The van der Waals surface area contributed by atoms with Crippen LogP contribution < -0.4 is 10.2 Å². The Kier molecular flexibility index (Phi) is 5.48. The lowest BCUT2D eigenvalue weighted by Crippen LogP contribution is -2.48. The van der Waals surface area contributed by atoms with Crippen molar-refractivity contribution in [3.63, 3.8) is 0 Å². The summed E-state index contributed by atoms with van der Waals surface area (Å²) in [5.74, 6) is 0.138. The second-order valence-corrected chi connectivity index (χ2v) is 6.03. The molecule has 0 spiro atoms. The van der Waals surface area contributed by atoms with Crippen molar-refractivity contribution >= 4 is 23.2 Å². The topological polar surface area (TPSA) is 35.6 Å². The van der Waals surface area contributed by atoms with E-state index in [9.17, 15) is 4.79 Å². The van der Waals surface area contributed by atoms with Crippen LogP contribution in [-0.2, 0) is 4.79 Å². The first-order chi connectivity index (χ1) is 10.0. The van der Waals surface area contributed by atoms with Crippen LogP contribution in [0.5, 0.6) is 0 Å². The number of nitrogens with one attached hydrogen (secondary N) is 1. The average Bonchev–Trinajstić information content (AvgIpc) is 2.47. The average molecular weight is 310 g/mol. The number of anilines is 1. The highest BCUT2D eigenvalue weighted by atomic mass is 35.5. The predicted molar refractivity (Wildman–Crippen MR) is 88.0 cm³/mol. The molecule has 116 valence electrons. The SMILES string of the molecule is CCCNC(C)c1ccc(N2CCN(C)C(=O)C2)c(Cl)c1. The van der Waals surface area contributed by atoms with Crippen molar-refractivity contribution in [2.75, 3.05) is 38.1 Å². The van der Waals surface area contributed by atoms with Gasteiger partial charge >= 0.3 is 0 Å². The molecule has 1 N–H and O–H groups in total. The summed E-state index contributed by atoms with van der Waals surface area (Å²) in [6, 6.07) is 6.41. The van der Waals surface area contributed by atoms with Crippen molar-refractivity contribution < 1.29 is 4.79 Å². The maximum Gasteiger partial charge on any atom is 0.241 e. The molecule has 1 unspecified atom stereocenters. The first kappa shape index (κ1) is 16.1. The molecule has 0 radical (unpaired) electrons. The van der Waals surface area contributed by atoms with Crippen LogP contribution in [0.25, 0.3) is 0 Å². The number of halogens is 1. The molecule has 1 heterocycles. The number of carbonyl (C=O) groups excluding carboxylic acids is 1. The second kappa shape index (κ2) is 7.14. The highest BCUT2D eigenvalue weighted by Crippen LogP contribution is 2.29. The van der Waals surface area contributed by atoms with Crippen molar-refractivity contribution in [3.8, 4) is 0 Å². The summed E-state index contributed by atoms with van der Waals surface area (Å²) in [5.41, 5.74) is 2.13. The van der Waals surface area contributed by atoms with E-state index in [0.29, 0.717) is 6.54 Å². The number of carbonyl (C=O) groups is 1. The van der Waals surface area contributed by atoms with E-state index in [1.807, 2.05) is 19.2 Å². The van der Waals surface area contributed by atoms with Gasteiger partial charge in [-0.3, -0.25) is 4.79 Å². The zero-order valence-corrected chi connectivity index (χ0v) is 13.8. The molecule has 1 saturated heterocycles. The molecule has 0 aliphatic carbocycles. The lowest BCUT2D eigenvalue weighted by Gasteiger charge is -2.34. The van der Waals surface area contributed by atoms with Crippen LogP contribution in [0.15, 0.2) is 18.2 Å². The number of amides is 1. The summed E-state index contributed by atoms with van der Waals surface area (Å²) in [7, 11) is 1.84. The molecular formula is C16H24ClN3O. The smallest absolute Gasteiger partial charge is 0.241 e. The van der Waals surface area contributed by atoms with E-state index in [1.165, 1.54) is 5.56 Å². The zero-order valence-electron chi connectivity index (χ0n) is 13.0. The molecule has 1 aliphatic heterocycles. The maximum atomic E-state index is 11.8. The Bertz CT molecular complexity index is 506. The molecule has 5 heteroatoms. The molecule has 0 aromatic heterocycles. The summed E-state index contributed by atoms with van der Waals surface area (Å²) < 4.78 is 0. The van der Waals surface area contributed by atoms with Crippen LogP contribution in [0, 0.1) is 0 Å². The minimum Gasteiger partial charge on any atom is -0.359 e. The number of rotatable bonds is 5. The first-order valence-corrected chi connectivity index (χ1v) is 7.92. The Balaban J connectivity index is 2.10. The van der Waals surface area contributed by atoms with Crippen molar-refractivity contribution in [2.45, 2.75) is 26.3 Å². The molecule has 0 saturated carbocycles. The minimum atomic E-state index is 0.138. The minimum absolute atomic E-state index is 0.138. The van der Waals surface area contributed by atoms with E-state index in [1.54, 1.807) is 4.90 Å². The van der Waals surface area contributed by atoms with Gasteiger partial charge in [-0.1, -0.05) is 24.6 Å². The van der Waals surface area contributed by atoms with Gasteiger partial charge in [-0.2, -0.15) is 0 Å². The lowest BCUT2D eigenvalue weighted by molar-refractivity contribution is -0.129. The molecule has 2 rings (SSSR count). The Labute approximate surface area is 132 Å². The third-order valence-electron chi connectivity index (χ3n) is 3.97. The molecule has 21 heavy (non-hydrogen) atoms. The van der Waals surface area contributed by atoms with E-state index >= 15 is 0 Å². The normalized spacial score (nSPS) is 17.2. The molecule has 1 fully saturated rings. The lowest BCUT2D eigenvalue weighted by atomic mass is 10.1. The number of nitrogens with zero attached hydrogens (tertiary/aromatic N) is 2. The van der Waals surface area contributed by atoms with Crippen molar-refractivity contribution in [2.24, 2.45) is 0 Å². The van der Waals surface area contributed by atoms with Crippen LogP contribution in [0.2, 0.25) is 5.02 Å². The van der Waals surface area contributed by atoms with Crippen molar-refractivity contribution in [1.82, 2.24) is 10.2 Å². The molecule has 4 nitrogen and oxygen atoms in total. The number of hydrogen-bond acceptors (Lipinski definition) is 3. The van der Waals surface area contributed by atoms with E-state index in [0.717, 1.165) is 36.8 Å². The van der Waals surface area contributed by atoms with Gasteiger partial charge in [0.15, 0.2) is 0 Å². The third kappa shape index (κ3) is 3.89. The molecule has 1 amide bonds. The van der Waals surface area contributed by atoms with Gasteiger partial charge in [0.1, 0.15) is 0 Å². The fourth-order valence-corrected chi connectivity index (χ4v) is 2.80. The molecule has 1 aromatic carbocycles. The van der Waals surface area contributed by atoms with Crippen LogP contribution in [0.4, 0.5) is 5.69 Å². The number of likely N-dealkylation sites (N-methyl/N-ethyl adjacent to an activating group) is 1. The quantitative estimate of drug-likeness (QED) is 0.908. The molecule has 1 aromatic rings. The fourth-order valence-electron chi connectivity index (χ4n) is 2.49. The maximum absolute atomic E-state index is 11.8. The van der Waals surface area contributed by atoms with Gasteiger partial charge in [0.2, 0.25) is 5.91 Å². The van der Waals surface area contributed by atoms with Crippen LogP contribution in [-0.4, -0.2) is 44.0 Å². The summed E-state index contributed by atoms with van der Waals surface area (Å²) in [5, 5.41) is 4.17. The van der Waals surface area contributed by atoms with Gasteiger partial charge in [0.05, 0.1) is 17.3 Å². The first-order valence-electron chi connectivity index (χ1n) is 7.54. The van der Waals surface area contributed by atoms with E-state index < -0.39 is 0 Å². The summed E-state index contributed by atoms with van der Waals surface area (Å²) in [6.07, 6.45) is 1.11. The number of hydrogen-bond donors (Lipinski definition) is 1. The Morgan fingerprint density at radius 2 is 2.14 bits per heavy atom. The van der Waals surface area contributed by atoms with E-state index in [2.05, 4.69) is 30.1 Å². The van der Waals surface area contributed by atoms with Gasteiger partial charge in [-0.05, 0) is 37.6 Å². The second-order valence-electron chi connectivity index (χ2n) is 5.62. The fraction of sp³-hybridized carbons (Fsp3) is 0.562. The van der Waals surface area contributed by atoms with Gasteiger partial charge in [0, 0.05) is 26.2 Å². The standard InChI is InChI=1S/C16H24ClN3O/c1-4-7-18-12(2)13-5-6-15(14(17)10-13)20-9-8-19(3)16(21)11-20/h5-6,10,12,18H,4,7-9,11H2,1-3H3. The zero-order chi connectivity index (χ0) is 15.4. The van der Waals surface area contributed by atoms with Gasteiger partial charge in [-0.15, -0.1) is 0 Å². The van der Waals surface area contributed by atoms with Crippen LogP contribution in [0.3, 0.4) is 0 Å². The highest BCUT2D eigenvalue weighted by Gasteiger charge is 2.22. The van der Waals surface area contributed by atoms with Crippen LogP contribution >= 0.6 is 11.6 Å². The molecule has 1 aliphatic rings. The van der Waals surface area contributed by atoms with Gasteiger partial charge < -0.3 is 15.1 Å². The van der Waals surface area contributed by atoms with Crippen molar-refractivity contribution in [1.29, 1.82) is 0 Å². The van der Waals surface area contributed by atoms with E-state index in [4.69, 9.17) is 11.6 Å². The predicted octanol–water partition coefficient (Wildman–Crippen LogP) is 2.68.